The number of anilines is 2. The van der Waals surface area contributed by atoms with E-state index in [1.54, 1.807) is 0 Å². The molecule has 2 unspecified atom stereocenters. The molecule has 23 heavy (non-hydrogen) atoms. The van der Waals surface area contributed by atoms with Gasteiger partial charge < -0.3 is 16.2 Å². The van der Waals surface area contributed by atoms with Crippen LogP contribution in [0.15, 0.2) is 24.3 Å². The molecule has 122 valence electrons. The molecule has 6 nitrogen and oxygen atoms in total. The third kappa shape index (κ3) is 2.74. The number of carbonyl (C=O) groups excluding carboxylic acids is 2. The molecule has 0 saturated carbocycles. The molecule has 1 heterocycles. The third-order valence-electron chi connectivity index (χ3n) is 4.31. The van der Waals surface area contributed by atoms with Crippen molar-refractivity contribution in [1.82, 2.24) is 4.90 Å². The van der Waals surface area contributed by atoms with E-state index in [0.29, 0.717) is 12.8 Å². The van der Waals surface area contributed by atoms with Gasteiger partial charge in [-0.25, -0.2) is 4.39 Å². The van der Waals surface area contributed by atoms with Gasteiger partial charge in [-0.2, -0.15) is 0 Å². The molecular weight excluding hydrogens is 301 g/mol. The van der Waals surface area contributed by atoms with Crippen LogP contribution < -0.4 is 16.2 Å². The van der Waals surface area contributed by atoms with Crippen molar-refractivity contribution in [3.8, 4) is 5.75 Å². The molecular formula is C16H18FN3O3. The Balaban J connectivity index is 1.63. The highest BCUT2D eigenvalue weighted by molar-refractivity contribution is 6.05. The Labute approximate surface area is 132 Å². The van der Waals surface area contributed by atoms with Gasteiger partial charge in [-0.3, -0.25) is 14.5 Å². The van der Waals surface area contributed by atoms with Gasteiger partial charge in [0.25, 0.3) is 0 Å². The van der Waals surface area contributed by atoms with E-state index < -0.39 is 5.82 Å². The second-order valence-electron chi connectivity index (χ2n) is 5.74. The highest BCUT2D eigenvalue weighted by Crippen LogP contribution is 2.35. The molecule has 3 rings (SSSR count). The quantitative estimate of drug-likeness (QED) is 0.495. The average molecular weight is 319 g/mol. The normalized spacial score (nSPS) is 23.3. The van der Waals surface area contributed by atoms with E-state index in [-0.39, 0.29) is 53.9 Å². The Morgan fingerprint density at radius 1 is 1.13 bits per heavy atom. The number of fused-ring (bicyclic) bond motifs is 1. The fraction of sp³-hybridized carbons (Fsp3) is 0.375. The summed E-state index contributed by atoms with van der Waals surface area (Å²) < 4.78 is 18.7. The Morgan fingerprint density at radius 3 is 2.35 bits per heavy atom. The summed E-state index contributed by atoms with van der Waals surface area (Å²) in [5.41, 5.74) is 11.5. The zero-order chi connectivity index (χ0) is 16.6. The molecule has 4 N–H and O–H groups in total. The van der Waals surface area contributed by atoms with Gasteiger partial charge in [-0.1, -0.05) is 12.2 Å². The summed E-state index contributed by atoms with van der Waals surface area (Å²) >= 11 is 0. The number of halogens is 1. The largest absolute Gasteiger partial charge is 0.489 e. The van der Waals surface area contributed by atoms with Gasteiger partial charge in [0.1, 0.15) is 18.2 Å². The van der Waals surface area contributed by atoms with Crippen molar-refractivity contribution in [1.29, 1.82) is 0 Å². The summed E-state index contributed by atoms with van der Waals surface area (Å²) in [5, 5.41) is 0. The van der Waals surface area contributed by atoms with Gasteiger partial charge >= 0.3 is 0 Å². The fourth-order valence-electron chi connectivity index (χ4n) is 3.07. The van der Waals surface area contributed by atoms with Crippen LogP contribution in [-0.4, -0.2) is 29.9 Å². The van der Waals surface area contributed by atoms with Crippen LogP contribution in [0.2, 0.25) is 0 Å². The van der Waals surface area contributed by atoms with Gasteiger partial charge in [-0.05, 0) is 18.9 Å². The molecule has 1 saturated heterocycles. The second-order valence-corrected chi connectivity index (χ2v) is 5.74. The third-order valence-corrected chi connectivity index (χ3v) is 4.31. The highest BCUT2D eigenvalue weighted by Gasteiger charge is 2.46. The molecule has 0 spiro atoms. The Kier molecular flexibility index (Phi) is 3.94. The first-order valence-electron chi connectivity index (χ1n) is 7.46. The number of allylic oxidation sites excluding steroid dienone is 2. The van der Waals surface area contributed by atoms with Gasteiger partial charge in [0, 0.05) is 6.07 Å². The van der Waals surface area contributed by atoms with Crippen molar-refractivity contribution in [3.63, 3.8) is 0 Å². The first-order valence-corrected chi connectivity index (χ1v) is 7.46. The minimum absolute atomic E-state index is 0.0391. The Hall–Kier alpha value is -2.57. The molecule has 2 amide bonds. The number of hydrogen-bond donors (Lipinski definition) is 2. The smallest absolute Gasteiger partial charge is 0.233 e. The number of benzene rings is 1. The standard InChI is InChI=1S/C16H18FN3O3/c17-9-7-12(18)14(19)13(8-9)23-6-5-20-15(21)10-3-1-2-4-11(10)16(20)22/h1-2,7-8,10-11H,3-6,18-19H2. The summed E-state index contributed by atoms with van der Waals surface area (Å²) in [7, 11) is 0. The number of rotatable bonds is 4. The zero-order valence-corrected chi connectivity index (χ0v) is 12.5. The van der Waals surface area contributed by atoms with Crippen LogP contribution in [0.1, 0.15) is 12.8 Å². The summed E-state index contributed by atoms with van der Waals surface area (Å²) in [6.45, 7) is 0.151. The van der Waals surface area contributed by atoms with Gasteiger partial charge in [0.2, 0.25) is 11.8 Å². The molecule has 0 radical (unpaired) electrons. The summed E-state index contributed by atoms with van der Waals surface area (Å²) in [6.07, 6.45) is 5.06. The summed E-state index contributed by atoms with van der Waals surface area (Å²) in [6, 6.07) is 2.23. The minimum Gasteiger partial charge on any atom is -0.489 e. The number of ether oxygens (including phenoxy) is 1. The van der Waals surface area contributed by atoms with E-state index >= 15 is 0 Å². The molecule has 1 fully saturated rings. The van der Waals surface area contributed by atoms with E-state index in [4.69, 9.17) is 16.2 Å². The van der Waals surface area contributed by atoms with E-state index in [0.717, 1.165) is 12.1 Å². The molecule has 2 atom stereocenters. The lowest BCUT2D eigenvalue weighted by atomic mass is 9.85. The van der Waals surface area contributed by atoms with Crippen LogP contribution in [0.25, 0.3) is 0 Å². The molecule has 0 aromatic heterocycles. The lowest BCUT2D eigenvalue weighted by Gasteiger charge is -2.16. The molecule has 2 aliphatic rings. The van der Waals surface area contributed by atoms with Gasteiger partial charge in [-0.15, -0.1) is 0 Å². The SMILES string of the molecule is Nc1cc(F)cc(OCCN2C(=O)C3CC=CCC3C2=O)c1N. The minimum atomic E-state index is -0.558. The Morgan fingerprint density at radius 2 is 1.74 bits per heavy atom. The molecule has 1 aromatic carbocycles. The van der Waals surface area contributed by atoms with Crippen LogP contribution in [0.5, 0.6) is 5.75 Å². The predicted octanol–water partition coefficient (Wildman–Crippen LogP) is 1.32. The van der Waals surface area contributed by atoms with Crippen LogP contribution in [-0.2, 0) is 9.59 Å². The molecule has 7 heteroatoms. The van der Waals surface area contributed by atoms with Crippen molar-refractivity contribution in [2.24, 2.45) is 11.8 Å². The van der Waals surface area contributed by atoms with E-state index in [1.807, 2.05) is 12.2 Å². The van der Waals surface area contributed by atoms with Crippen molar-refractivity contribution in [3.05, 3.63) is 30.1 Å². The first kappa shape index (κ1) is 15.3. The van der Waals surface area contributed by atoms with Crippen molar-refractivity contribution >= 4 is 23.2 Å². The number of nitrogens with two attached hydrogens (primary N) is 2. The number of nitrogen functional groups attached to an aromatic ring is 2. The molecule has 1 aliphatic heterocycles. The van der Waals surface area contributed by atoms with Crippen LogP contribution >= 0.6 is 0 Å². The number of imide groups is 1. The first-order chi connectivity index (χ1) is 11.0. The lowest BCUT2D eigenvalue weighted by Crippen LogP contribution is -2.34. The topological polar surface area (TPSA) is 98.6 Å². The van der Waals surface area contributed by atoms with Crippen molar-refractivity contribution < 1.29 is 18.7 Å². The van der Waals surface area contributed by atoms with Crippen LogP contribution in [0.4, 0.5) is 15.8 Å². The van der Waals surface area contributed by atoms with Gasteiger partial charge in [0.05, 0.1) is 29.8 Å². The monoisotopic (exact) mass is 319 g/mol. The summed E-state index contributed by atoms with van der Waals surface area (Å²) in [4.78, 5) is 25.8. The number of likely N-dealkylation sites (tertiary alicyclic amines) is 1. The molecule has 1 aliphatic carbocycles. The number of nitrogens with zero attached hydrogens (tertiary/aromatic N) is 1. The zero-order valence-electron chi connectivity index (χ0n) is 12.5. The molecule has 0 bridgehead atoms. The Bertz CT molecular complexity index is 663. The maximum absolute atomic E-state index is 13.3. The lowest BCUT2D eigenvalue weighted by molar-refractivity contribution is -0.140. The van der Waals surface area contributed by atoms with Crippen molar-refractivity contribution in [2.75, 3.05) is 24.6 Å². The second kappa shape index (κ2) is 5.91. The van der Waals surface area contributed by atoms with E-state index in [9.17, 15) is 14.0 Å². The number of hydrogen-bond acceptors (Lipinski definition) is 5. The maximum Gasteiger partial charge on any atom is 0.233 e. The molecule has 1 aromatic rings. The van der Waals surface area contributed by atoms with Gasteiger partial charge in [0.15, 0.2) is 0 Å². The van der Waals surface area contributed by atoms with E-state index in [1.165, 1.54) is 4.90 Å². The predicted molar refractivity (Wildman–Crippen MR) is 82.8 cm³/mol. The average Bonchev–Trinajstić information content (AvgIpc) is 2.77. The van der Waals surface area contributed by atoms with Crippen LogP contribution in [0, 0.1) is 17.7 Å². The fourth-order valence-corrected chi connectivity index (χ4v) is 3.07. The van der Waals surface area contributed by atoms with E-state index in [2.05, 4.69) is 0 Å². The van der Waals surface area contributed by atoms with Crippen LogP contribution in [0.3, 0.4) is 0 Å². The number of amides is 2. The summed E-state index contributed by atoms with van der Waals surface area (Å²) in [5.74, 6) is -1.30. The maximum atomic E-state index is 13.3. The van der Waals surface area contributed by atoms with Crippen molar-refractivity contribution in [2.45, 2.75) is 12.8 Å². The number of carbonyl (C=O) groups is 2. The highest BCUT2D eigenvalue weighted by atomic mass is 19.1.